The topological polar surface area (TPSA) is 33.0 Å². The second-order valence-corrected chi connectivity index (χ2v) is 7.46. The van der Waals surface area contributed by atoms with Crippen molar-refractivity contribution in [1.82, 2.24) is 0 Å². The van der Waals surface area contributed by atoms with E-state index in [1.54, 1.807) is 0 Å². The molecule has 0 spiro atoms. The highest BCUT2D eigenvalue weighted by Gasteiger charge is 2.79. The van der Waals surface area contributed by atoms with Crippen LogP contribution in [0.5, 0.6) is 0 Å². The quantitative estimate of drug-likeness (QED) is 0.505. The van der Waals surface area contributed by atoms with Gasteiger partial charge in [0.15, 0.2) is 0 Å². The zero-order valence-electron chi connectivity index (χ0n) is 8.21. The minimum atomic E-state index is 0.377. The molecule has 0 aromatic carbocycles. The second-order valence-electron chi connectivity index (χ2n) is 6.02. The number of nitrogens with zero attached hydrogens (tertiary/aromatic N) is 1. The van der Waals surface area contributed by atoms with Crippen LogP contribution in [0.1, 0.15) is 6.42 Å². The van der Waals surface area contributed by atoms with Crippen molar-refractivity contribution in [3.8, 4) is 6.07 Å². The number of hydrogen-bond acceptors (Lipinski definition) is 2. The van der Waals surface area contributed by atoms with Crippen molar-refractivity contribution in [1.29, 1.82) is 5.26 Å². The van der Waals surface area contributed by atoms with E-state index < -0.39 is 0 Å². The zero-order valence-corrected chi connectivity index (χ0v) is 10.4. The van der Waals surface area contributed by atoms with Gasteiger partial charge in [0.05, 0.1) is 24.2 Å². The monoisotopic (exact) mass is 313 g/mol. The first kappa shape index (κ1) is 8.30. The lowest BCUT2D eigenvalue weighted by Crippen LogP contribution is -2.43. The van der Waals surface area contributed by atoms with Gasteiger partial charge >= 0.3 is 0 Å². The number of rotatable bonds is 0. The number of halogens is 1. The summed E-state index contributed by atoms with van der Waals surface area (Å²) in [5.41, 5.74) is 0. The Labute approximate surface area is 102 Å². The van der Waals surface area contributed by atoms with Crippen LogP contribution in [0.3, 0.4) is 0 Å². The van der Waals surface area contributed by atoms with E-state index in [1.807, 2.05) is 0 Å². The molecule has 0 unspecified atom stereocenters. The largest absolute Gasteiger partial charge is 0.374 e. The molecule has 10 atom stereocenters. The van der Waals surface area contributed by atoms with Crippen LogP contribution >= 0.6 is 22.6 Å². The number of fused-ring (bicyclic) bond motifs is 1. The van der Waals surface area contributed by atoms with Gasteiger partial charge in [-0.2, -0.15) is 5.26 Å². The molecule has 1 heterocycles. The summed E-state index contributed by atoms with van der Waals surface area (Å²) in [6.45, 7) is 0. The van der Waals surface area contributed by atoms with E-state index in [9.17, 15) is 5.26 Å². The number of hydrogen-bond donors (Lipinski definition) is 0. The van der Waals surface area contributed by atoms with Gasteiger partial charge in [0, 0.05) is 9.84 Å². The Hall–Kier alpha value is 0.180. The lowest BCUT2D eigenvalue weighted by atomic mass is 9.68. The molecule has 0 radical (unpaired) electrons. The maximum Gasteiger partial charge on any atom is 0.0662 e. The maximum absolute atomic E-state index is 9.40. The van der Waals surface area contributed by atoms with E-state index in [-0.39, 0.29) is 0 Å². The smallest absolute Gasteiger partial charge is 0.0662 e. The zero-order chi connectivity index (χ0) is 9.89. The van der Waals surface area contributed by atoms with Crippen molar-refractivity contribution < 1.29 is 4.74 Å². The van der Waals surface area contributed by atoms with E-state index in [0.717, 1.165) is 33.5 Å². The normalized spacial score (nSPS) is 75.7. The minimum Gasteiger partial charge on any atom is -0.374 e. The first-order valence-electron chi connectivity index (χ1n) is 6.02. The predicted octanol–water partition coefficient (Wildman–Crippen LogP) is 1.84. The fourth-order valence-electron chi connectivity index (χ4n) is 6.02. The van der Waals surface area contributed by atoms with Crippen LogP contribution < -0.4 is 0 Å². The Morgan fingerprint density at radius 2 is 2.00 bits per heavy atom. The van der Waals surface area contributed by atoms with Crippen molar-refractivity contribution in [3.05, 3.63) is 0 Å². The first-order valence-corrected chi connectivity index (χ1v) is 7.26. The molecule has 3 heteroatoms. The standard InChI is InChI=1S/C12H12INO/c13-11-7-4(2-14)6-3-1-5-9(6)10(7)12(15-5)8(3)11/h3-12H,1H2/t3-,4-,5-,6+,7-,8+,9+,10+,11-,12+/m0/s1. The van der Waals surface area contributed by atoms with Gasteiger partial charge < -0.3 is 4.74 Å². The molecule has 0 aromatic heterocycles. The lowest BCUT2D eigenvalue weighted by molar-refractivity contribution is -0.0446. The Morgan fingerprint density at radius 1 is 1.13 bits per heavy atom. The Kier molecular flexibility index (Phi) is 1.24. The summed E-state index contributed by atoms with van der Waals surface area (Å²) in [7, 11) is 0. The van der Waals surface area contributed by atoms with Crippen molar-refractivity contribution >= 4 is 22.6 Å². The summed E-state index contributed by atoms with van der Waals surface area (Å²) >= 11 is 2.62. The fraction of sp³-hybridized carbons (Fsp3) is 0.917. The molecule has 2 nitrogen and oxygen atoms in total. The Bertz CT molecular complexity index is 403. The highest BCUT2D eigenvalue weighted by Crippen LogP contribution is 2.76. The third-order valence-corrected chi connectivity index (χ3v) is 7.72. The molecule has 78 valence electrons. The molecule has 5 aliphatic rings. The van der Waals surface area contributed by atoms with Crippen LogP contribution in [0.15, 0.2) is 0 Å². The fourth-order valence-corrected chi connectivity index (χ4v) is 7.89. The van der Waals surface area contributed by atoms with Gasteiger partial charge in [0.1, 0.15) is 0 Å². The van der Waals surface area contributed by atoms with Gasteiger partial charge in [0.25, 0.3) is 0 Å². The van der Waals surface area contributed by atoms with E-state index in [0.29, 0.717) is 24.0 Å². The SMILES string of the molecule is N#C[C@@H]1[C@@H]2[C@H](I)[C@H]3[C@H]4C[C@@H]5O[C@H]3[C@H]2[C@H]5[C@@H]14. The van der Waals surface area contributed by atoms with Crippen LogP contribution in [-0.4, -0.2) is 16.1 Å². The molecular weight excluding hydrogens is 301 g/mol. The van der Waals surface area contributed by atoms with Crippen LogP contribution in [0.4, 0.5) is 0 Å². The Balaban J connectivity index is 1.78. The number of ether oxygens (including phenoxy) is 1. The highest BCUT2D eigenvalue weighted by atomic mass is 127. The molecule has 15 heavy (non-hydrogen) atoms. The summed E-state index contributed by atoms with van der Waals surface area (Å²) < 4.78 is 6.92. The van der Waals surface area contributed by atoms with Crippen LogP contribution in [0, 0.1) is 52.8 Å². The van der Waals surface area contributed by atoms with Gasteiger partial charge in [-0.15, -0.1) is 0 Å². The highest BCUT2D eigenvalue weighted by molar-refractivity contribution is 14.1. The lowest BCUT2D eigenvalue weighted by Gasteiger charge is -2.41. The minimum absolute atomic E-state index is 0.377. The molecule has 4 saturated carbocycles. The number of alkyl halides is 1. The summed E-state index contributed by atoms with van der Waals surface area (Å²) in [5.74, 6) is 5.00. The molecule has 1 aliphatic heterocycles. The van der Waals surface area contributed by atoms with E-state index in [4.69, 9.17) is 4.74 Å². The van der Waals surface area contributed by atoms with Gasteiger partial charge in [-0.25, -0.2) is 0 Å². The van der Waals surface area contributed by atoms with Crippen LogP contribution in [0.2, 0.25) is 0 Å². The van der Waals surface area contributed by atoms with E-state index in [1.165, 1.54) is 6.42 Å². The number of nitriles is 1. The van der Waals surface area contributed by atoms with E-state index in [2.05, 4.69) is 28.7 Å². The summed E-state index contributed by atoms with van der Waals surface area (Å²) in [6.07, 6.45) is 2.38. The molecule has 5 fully saturated rings. The van der Waals surface area contributed by atoms with Crippen molar-refractivity contribution in [2.75, 3.05) is 0 Å². The van der Waals surface area contributed by atoms with Gasteiger partial charge in [0.2, 0.25) is 0 Å². The second kappa shape index (κ2) is 2.24. The van der Waals surface area contributed by atoms with Gasteiger partial charge in [-0.05, 0) is 36.0 Å². The van der Waals surface area contributed by atoms with Gasteiger partial charge in [-0.1, -0.05) is 22.6 Å². The average Bonchev–Trinajstić information content (AvgIpc) is 2.83. The molecule has 6 bridgehead atoms. The Morgan fingerprint density at radius 3 is 2.80 bits per heavy atom. The molecule has 4 aliphatic carbocycles. The third-order valence-electron chi connectivity index (χ3n) is 6.06. The maximum atomic E-state index is 9.40. The van der Waals surface area contributed by atoms with Crippen LogP contribution in [0.25, 0.3) is 0 Å². The molecule has 0 aromatic rings. The summed E-state index contributed by atoms with van der Waals surface area (Å²) in [6, 6.07) is 2.64. The average molecular weight is 313 g/mol. The molecule has 0 amide bonds. The predicted molar refractivity (Wildman–Crippen MR) is 61.1 cm³/mol. The van der Waals surface area contributed by atoms with Crippen molar-refractivity contribution in [3.63, 3.8) is 0 Å². The van der Waals surface area contributed by atoms with E-state index >= 15 is 0 Å². The molecule has 5 rings (SSSR count). The van der Waals surface area contributed by atoms with Crippen LogP contribution in [-0.2, 0) is 4.74 Å². The molecule has 0 N–H and O–H groups in total. The third kappa shape index (κ3) is 0.621. The molecule has 1 saturated heterocycles. The molecular formula is C12H12INO. The van der Waals surface area contributed by atoms with Crippen molar-refractivity contribution in [2.45, 2.75) is 22.6 Å². The first-order chi connectivity index (χ1) is 7.33. The summed E-state index contributed by atoms with van der Waals surface area (Å²) in [5, 5.41) is 9.40. The van der Waals surface area contributed by atoms with Crippen molar-refractivity contribution in [2.24, 2.45) is 41.4 Å². The van der Waals surface area contributed by atoms with Gasteiger partial charge in [-0.3, -0.25) is 0 Å². The summed E-state index contributed by atoms with van der Waals surface area (Å²) in [4.78, 5) is 0.